The van der Waals surface area contributed by atoms with Gasteiger partial charge in [0, 0.05) is 22.9 Å². The van der Waals surface area contributed by atoms with Gasteiger partial charge in [-0.1, -0.05) is 41.9 Å². The first-order valence-corrected chi connectivity index (χ1v) is 7.59. The van der Waals surface area contributed by atoms with Crippen LogP contribution < -0.4 is 5.73 Å². The van der Waals surface area contributed by atoms with Crippen molar-refractivity contribution in [3.63, 3.8) is 0 Å². The molecule has 2 aromatic carbocycles. The molecule has 0 radical (unpaired) electrons. The lowest BCUT2D eigenvalue weighted by Gasteiger charge is -2.15. The van der Waals surface area contributed by atoms with Crippen molar-refractivity contribution in [2.45, 2.75) is 32.2 Å². The third kappa shape index (κ3) is 3.96. The molecule has 0 bridgehead atoms. The zero-order chi connectivity index (χ0) is 15.2. The van der Waals surface area contributed by atoms with Gasteiger partial charge in [-0.3, -0.25) is 4.79 Å². The summed E-state index contributed by atoms with van der Waals surface area (Å²) in [6, 6.07) is 11.7. The molecule has 0 aromatic heterocycles. The molecular weight excluding hydrogens is 286 g/mol. The molecule has 0 aliphatic heterocycles. The van der Waals surface area contributed by atoms with Crippen molar-refractivity contribution in [1.29, 1.82) is 0 Å². The van der Waals surface area contributed by atoms with Crippen LogP contribution in [0, 0.1) is 0 Å². The summed E-state index contributed by atoms with van der Waals surface area (Å²) >= 11 is 6.21. The van der Waals surface area contributed by atoms with Gasteiger partial charge in [-0.2, -0.15) is 0 Å². The van der Waals surface area contributed by atoms with E-state index in [0.717, 1.165) is 34.2 Å². The fraction of sp³-hybridized carbons (Fsp3) is 0.353. The molecule has 3 nitrogen and oxygen atoms in total. The summed E-state index contributed by atoms with van der Waals surface area (Å²) in [5, 5.41) is 2.82. The van der Waals surface area contributed by atoms with Gasteiger partial charge < -0.3 is 10.5 Å². The Balaban J connectivity index is 2.08. The maximum absolute atomic E-state index is 11.3. The average molecular weight is 306 g/mol. The molecule has 1 unspecified atom stereocenters. The van der Waals surface area contributed by atoms with Crippen molar-refractivity contribution in [3.8, 4) is 0 Å². The van der Waals surface area contributed by atoms with E-state index >= 15 is 0 Å². The molecule has 0 aliphatic rings. The van der Waals surface area contributed by atoms with Crippen molar-refractivity contribution < 1.29 is 9.53 Å². The lowest BCUT2D eigenvalue weighted by atomic mass is 9.96. The van der Waals surface area contributed by atoms with Crippen LogP contribution in [0.3, 0.4) is 0 Å². The monoisotopic (exact) mass is 305 g/mol. The molecule has 0 saturated carbocycles. The number of benzene rings is 2. The SMILES string of the molecule is CCOC(=O)CCCC(N)c1ccc(Cl)c2ccccc12. The van der Waals surface area contributed by atoms with Crippen LogP contribution in [0.1, 0.15) is 37.8 Å². The fourth-order valence-electron chi connectivity index (χ4n) is 2.46. The Morgan fingerprint density at radius 2 is 1.95 bits per heavy atom. The van der Waals surface area contributed by atoms with E-state index in [4.69, 9.17) is 22.1 Å². The highest BCUT2D eigenvalue weighted by Gasteiger charge is 2.12. The summed E-state index contributed by atoms with van der Waals surface area (Å²) in [6.07, 6.45) is 1.87. The smallest absolute Gasteiger partial charge is 0.305 e. The van der Waals surface area contributed by atoms with Crippen LogP contribution in [0.25, 0.3) is 10.8 Å². The summed E-state index contributed by atoms with van der Waals surface area (Å²) in [5.74, 6) is -0.161. The minimum absolute atomic E-state index is 0.110. The number of ether oxygens (including phenoxy) is 1. The molecule has 0 aliphatic carbocycles. The number of hydrogen-bond acceptors (Lipinski definition) is 3. The quantitative estimate of drug-likeness (QED) is 0.813. The Bertz CT molecular complexity index is 627. The highest BCUT2D eigenvalue weighted by molar-refractivity contribution is 6.35. The van der Waals surface area contributed by atoms with Gasteiger partial charge in [0.15, 0.2) is 0 Å². The zero-order valence-electron chi connectivity index (χ0n) is 12.1. The summed E-state index contributed by atoms with van der Waals surface area (Å²) in [7, 11) is 0. The Morgan fingerprint density at radius 1 is 1.24 bits per heavy atom. The van der Waals surface area contributed by atoms with Gasteiger partial charge in [-0.05, 0) is 36.8 Å². The van der Waals surface area contributed by atoms with Crippen molar-refractivity contribution in [1.82, 2.24) is 0 Å². The lowest BCUT2D eigenvalue weighted by molar-refractivity contribution is -0.143. The average Bonchev–Trinajstić information content (AvgIpc) is 2.48. The molecule has 112 valence electrons. The van der Waals surface area contributed by atoms with E-state index in [2.05, 4.69) is 0 Å². The molecule has 2 N–H and O–H groups in total. The van der Waals surface area contributed by atoms with Gasteiger partial charge in [0.1, 0.15) is 0 Å². The number of rotatable bonds is 6. The second-order valence-corrected chi connectivity index (χ2v) is 5.39. The van der Waals surface area contributed by atoms with E-state index in [9.17, 15) is 4.79 Å². The Morgan fingerprint density at radius 3 is 2.67 bits per heavy atom. The molecule has 1 atom stereocenters. The molecule has 0 heterocycles. The van der Waals surface area contributed by atoms with Crippen LogP contribution >= 0.6 is 11.6 Å². The van der Waals surface area contributed by atoms with E-state index in [-0.39, 0.29) is 12.0 Å². The van der Waals surface area contributed by atoms with E-state index in [1.807, 2.05) is 43.3 Å². The summed E-state index contributed by atoms with van der Waals surface area (Å²) < 4.78 is 4.92. The molecule has 0 spiro atoms. The second-order valence-electron chi connectivity index (χ2n) is 4.99. The maximum atomic E-state index is 11.3. The predicted molar refractivity (Wildman–Crippen MR) is 86.4 cm³/mol. The van der Waals surface area contributed by atoms with Crippen LogP contribution in [0.2, 0.25) is 5.02 Å². The van der Waals surface area contributed by atoms with Crippen LogP contribution in [0.15, 0.2) is 36.4 Å². The van der Waals surface area contributed by atoms with Crippen molar-refractivity contribution in [2.75, 3.05) is 6.61 Å². The number of carbonyl (C=O) groups excluding carboxylic acids is 1. The molecular formula is C17H20ClNO2. The molecule has 21 heavy (non-hydrogen) atoms. The first-order chi connectivity index (χ1) is 10.1. The van der Waals surface area contributed by atoms with Crippen molar-refractivity contribution >= 4 is 28.3 Å². The highest BCUT2D eigenvalue weighted by atomic mass is 35.5. The minimum atomic E-state index is -0.161. The Hall–Kier alpha value is -1.58. The third-order valence-electron chi connectivity index (χ3n) is 3.51. The number of nitrogens with two attached hydrogens (primary N) is 1. The number of halogens is 1. The molecule has 0 saturated heterocycles. The van der Waals surface area contributed by atoms with E-state index in [1.165, 1.54) is 0 Å². The fourth-order valence-corrected chi connectivity index (χ4v) is 2.69. The highest BCUT2D eigenvalue weighted by Crippen LogP contribution is 2.30. The zero-order valence-corrected chi connectivity index (χ0v) is 12.9. The lowest BCUT2D eigenvalue weighted by Crippen LogP contribution is -2.12. The molecule has 2 rings (SSSR count). The van der Waals surface area contributed by atoms with Gasteiger partial charge in [0.2, 0.25) is 0 Å². The molecule has 2 aromatic rings. The third-order valence-corrected chi connectivity index (χ3v) is 3.84. The van der Waals surface area contributed by atoms with E-state index in [0.29, 0.717) is 13.0 Å². The standard InChI is InChI=1S/C17H20ClNO2/c1-2-21-17(20)9-5-8-16(19)14-10-11-15(18)13-7-4-3-6-12(13)14/h3-4,6-7,10-11,16H,2,5,8-9,19H2,1H3. The van der Waals surface area contributed by atoms with Gasteiger partial charge >= 0.3 is 5.97 Å². The Labute approximate surface area is 130 Å². The van der Waals surface area contributed by atoms with Crippen LogP contribution in [0.5, 0.6) is 0 Å². The van der Waals surface area contributed by atoms with Crippen LogP contribution in [-0.4, -0.2) is 12.6 Å². The van der Waals surface area contributed by atoms with Gasteiger partial charge in [-0.15, -0.1) is 0 Å². The number of esters is 1. The van der Waals surface area contributed by atoms with Crippen LogP contribution in [0.4, 0.5) is 0 Å². The van der Waals surface area contributed by atoms with Crippen molar-refractivity contribution in [2.24, 2.45) is 5.73 Å². The number of hydrogen-bond donors (Lipinski definition) is 1. The van der Waals surface area contributed by atoms with Gasteiger partial charge in [0.25, 0.3) is 0 Å². The van der Waals surface area contributed by atoms with Gasteiger partial charge in [-0.25, -0.2) is 0 Å². The number of fused-ring (bicyclic) bond motifs is 1. The summed E-state index contributed by atoms with van der Waals surface area (Å²) in [5.41, 5.74) is 7.34. The molecule has 4 heteroatoms. The normalized spacial score (nSPS) is 12.3. The van der Waals surface area contributed by atoms with Crippen molar-refractivity contribution in [3.05, 3.63) is 47.0 Å². The second kappa shape index (κ2) is 7.43. The number of carbonyl (C=O) groups is 1. The topological polar surface area (TPSA) is 52.3 Å². The van der Waals surface area contributed by atoms with E-state index < -0.39 is 0 Å². The summed E-state index contributed by atoms with van der Waals surface area (Å²) in [6.45, 7) is 2.23. The first-order valence-electron chi connectivity index (χ1n) is 7.21. The first kappa shape index (κ1) is 15.8. The molecule has 0 amide bonds. The Kier molecular flexibility index (Phi) is 5.59. The molecule has 0 fully saturated rings. The van der Waals surface area contributed by atoms with E-state index in [1.54, 1.807) is 0 Å². The largest absolute Gasteiger partial charge is 0.466 e. The van der Waals surface area contributed by atoms with Gasteiger partial charge in [0.05, 0.1) is 6.61 Å². The maximum Gasteiger partial charge on any atom is 0.305 e. The predicted octanol–water partition coefficient (Wildman–Crippen LogP) is 4.23. The minimum Gasteiger partial charge on any atom is -0.466 e. The summed E-state index contributed by atoms with van der Waals surface area (Å²) in [4.78, 5) is 11.3. The van der Waals surface area contributed by atoms with Crippen LogP contribution in [-0.2, 0) is 9.53 Å².